The first kappa shape index (κ1) is 13.7. The molecule has 0 N–H and O–H groups in total. The van der Waals surface area contributed by atoms with Gasteiger partial charge < -0.3 is 9.64 Å². The third kappa shape index (κ3) is 4.12. The van der Waals surface area contributed by atoms with Crippen LogP contribution in [0.5, 0.6) is 0 Å². The maximum atomic E-state index is 11.9. The smallest absolute Gasteiger partial charge is 0.225 e. The number of hydrogen-bond donors (Lipinski definition) is 0. The molecule has 0 bridgehead atoms. The number of nitrogens with zero attached hydrogens (tertiary/aromatic N) is 1. The molecule has 19 heavy (non-hydrogen) atoms. The molecular weight excluding hydrogens is 238 g/mol. The van der Waals surface area contributed by atoms with E-state index in [1.165, 1.54) is 0 Å². The van der Waals surface area contributed by atoms with Crippen LogP contribution in [0.3, 0.4) is 0 Å². The van der Waals surface area contributed by atoms with E-state index in [1.807, 2.05) is 48.2 Å². The van der Waals surface area contributed by atoms with Crippen LogP contribution < -0.4 is 0 Å². The molecule has 1 atom stereocenters. The zero-order valence-electron chi connectivity index (χ0n) is 11.4. The summed E-state index contributed by atoms with van der Waals surface area (Å²) in [4.78, 5) is 13.7. The van der Waals surface area contributed by atoms with E-state index < -0.39 is 0 Å². The summed E-state index contributed by atoms with van der Waals surface area (Å²) in [6.45, 7) is 2.73. The van der Waals surface area contributed by atoms with Gasteiger partial charge in [-0.15, -0.1) is 0 Å². The summed E-state index contributed by atoms with van der Waals surface area (Å²) in [5.41, 5.74) is 1.09. The van der Waals surface area contributed by atoms with Gasteiger partial charge >= 0.3 is 0 Å². The van der Waals surface area contributed by atoms with Gasteiger partial charge in [-0.05, 0) is 31.4 Å². The average Bonchev–Trinajstić information content (AvgIpc) is 2.64. The fourth-order valence-corrected chi connectivity index (χ4v) is 2.26. The van der Waals surface area contributed by atoms with Gasteiger partial charge in [0.25, 0.3) is 0 Å². The molecule has 1 aliphatic heterocycles. The average molecular weight is 259 g/mol. The second kappa shape index (κ2) is 6.98. The van der Waals surface area contributed by atoms with Crippen LogP contribution in [0.4, 0.5) is 0 Å². The molecule has 3 heteroatoms. The summed E-state index contributed by atoms with van der Waals surface area (Å²) < 4.78 is 5.64. The zero-order chi connectivity index (χ0) is 13.5. The van der Waals surface area contributed by atoms with Crippen LogP contribution >= 0.6 is 0 Å². The van der Waals surface area contributed by atoms with Crippen molar-refractivity contribution in [1.29, 1.82) is 0 Å². The van der Waals surface area contributed by atoms with E-state index >= 15 is 0 Å². The molecule has 102 valence electrons. The summed E-state index contributed by atoms with van der Waals surface area (Å²) in [6.07, 6.45) is 7.26. The zero-order valence-corrected chi connectivity index (χ0v) is 11.4. The third-order valence-electron chi connectivity index (χ3n) is 3.38. The fraction of sp³-hybridized carbons (Fsp3) is 0.438. The van der Waals surface area contributed by atoms with Gasteiger partial charge in [-0.1, -0.05) is 36.8 Å². The maximum absolute atomic E-state index is 11.9. The largest absolute Gasteiger partial charge is 0.478 e. The van der Waals surface area contributed by atoms with Crippen LogP contribution in [0, 0.1) is 0 Å². The lowest BCUT2D eigenvalue weighted by atomic mass is 10.2. The number of carbonyl (C=O) groups excluding carboxylic acids is 1. The Balaban J connectivity index is 1.88. The third-order valence-corrected chi connectivity index (χ3v) is 3.38. The van der Waals surface area contributed by atoms with Crippen LogP contribution in [-0.2, 0) is 9.53 Å². The monoisotopic (exact) mass is 259 g/mol. The van der Waals surface area contributed by atoms with Gasteiger partial charge in [0.1, 0.15) is 0 Å². The summed E-state index contributed by atoms with van der Waals surface area (Å²) in [7, 11) is 0. The minimum atomic E-state index is -0.189. The topological polar surface area (TPSA) is 29.5 Å². The Hall–Kier alpha value is -1.77. The molecule has 3 nitrogen and oxygen atoms in total. The van der Waals surface area contributed by atoms with Crippen molar-refractivity contribution in [2.24, 2.45) is 0 Å². The molecule has 1 aromatic rings. The van der Waals surface area contributed by atoms with E-state index in [1.54, 1.807) is 6.26 Å². The normalized spacial score (nSPS) is 18.4. The summed E-state index contributed by atoms with van der Waals surface area (Å²) in [5, 5.41) is 0. The van der Waals surface area contributed by atoms with Gasteiger partial charge in [-0.2, -0.15) is 0 Å². The van der Waals surface area contributed by atoms with E-state index in [-0.39, 0.29) is 12.1 Å². The second-order valence-electron chi connectivity index (χ2n) is 4.85. The standard InChI is InChI=1S/C16H21NO2/c1-14(17-12-7-3-6-10-16(17)18)19-13-11-15-8-4-2-5-9-15/h2,4-5,8-9,11,13-14H,3,6-7,10,12H2,1H3. The molecule has 2 rings (SSSR count). The van der Waals surface area contributed by atoms with Gasteiger partial charge in [0.05, 0.1) is 6.26 Å². The van der Waals surface area contributed by atoms with Gasteiger partial charge in [0.2, 0.25) is 5.91 Å². The van der Waals surface area contributed by atoms with E-state index in [9.17, 15) is 4.79 Å². The Morgan fingerprint density at radius 2 is 2.00 bits per heavy atom. The number of likely N-dealkylation sites (tertiary alicyclic amines) is 1. The lowest BCUT2D eigenvalue weighted by molar-refractivity contribution is -0.139. The molecule has 1 aliphatic rings. The molecule has 1 amide bonds. The number of hydrogen-bond acceptors (Lipinski definition) is 2. The summed E-state index contributed by atoms with van der Waals surface area (Å²) in [6, 6.07) is 9.99. The quantitative estimate of drug-likeness (QED) is 0.775. The number of benzene rings is 1. The number of amides is 1. The number of ether oxygens (including phenoxy) is 1. The van der Waals surface area contributed by atoms with Crippen molar-refractivity contribution in [3.8, 4) is 0 Å². The first-order valence-electron chi connectivity index (χ1n) is 6.94. The highest BCUT2D eigenvalue weighted by Crippen LogP contribution is 2.15. The van der Waals surface area contributed by atoms with Crippen LogP contribution in [0.1, 0.15) is 38.2 Å². The Morgan fingerprint density at radius 3 is 2.79 bits per heavy atom. The van der Waals surface area contributed by atoms with E-state index in [0.29, 0.717) is 6.42 Å². The van der Waals surface area contributed by atoms with Crippen LogP contribution in [0.25, 0.3) is 6.08 Å². The van der Waals surface area contributed by atoms with Gasteiger partial charge in [0, 0.05) is 13.0 Å². The molecule has 0 saturated carbocycles. The second-order valence-corrected chi connectivity index (χ2v) is 4.85. The van der Waals surface area contributed by atoms with Gasteiger partial charge in [-0.25, -0.2) is 0 Å². The molecule has 0 radical (unpaired) electrons. The minimum Gasteiger partial charge on any atom is -0.478 e. The molecule has 0 aromatic heterocycles. The van der Waals surface area contributed by atoms with E-state index in [2.05, 4.69) is 0 Å². The highest BCUT2D eigenvalue weighted by atomic mass is 16.5. The highest BCUT2D eigenvalue weighted by Gasteiger charge is 2.21. The Kier molecular flexibility index (Phi) is 5.01. The molecule has 1 heterocycles. The highest BCUT2D eigenvalue weighted by molar-refractivity contribution is 5.76. The maximum Gasteiger partial charge on any atom is 0.225 e. The van der Waals surface area contributed by atoms with Gasteiger partial charge in [-0.3, -0.25) is 4.79 Å². The van der Waals surface area contributed by atoms with Crippen molar-refractivity contribution < 1.29 is 9.53 Å². The van der Waals surface area contributed by atoms with Crippen molar-refractivity contribution in [1.82, 2.24) is 4.90 Å². The fourth-order valence-electron chi connectivity index (χ4n) is 2.26. The van der Waals surface area contributed by atoms with Crippen molar-refractivity contribution >= 4 is 12.0 Å². The Morgan fingerprint density at radius 1 is 1.21 bits per heavy atom. The molecular formula is C16H21NO2. The molecule has 1 saturated heterocycles. The first-order valence-corrected chi connectivity index (χ1v) is 6.94. The molecule has 1 aromatic carbocycles. The van der Waals surface area contributed by atoms with E-state index in [0.717, 1.165) is 31.4 Å². The van der Waals surface area contributed by atoms with Crippen molar-refractivity contribution in [2.75, 3.05) is 6.54 Å². The predicted molar refractivity (Wildman–Crippen MR) is 76.2 cm³/mol. The number of carbonyl (C=O) groups is 1. The lowest BCUT2D eigenvalue weighted by Gasteiger charge is -2.27. The number of rotatable bonds is 4. The summed E-state index contributed by atoms with van der Waals surface area (Å²) in [5.74, 6) is 0.207. The van der Waals surface area contributed by atoms with Crippen LogP contribution in [-0.4, -0.2) is 23.6 Å². The Labute approximate surface area is 114 Å². The van der Waals surface area contributed by atoms with E-state index in [4.69, 9.17) is 4.74 Å². The lowest BCUT2D eigenvalue weighted by Crippen LogP contribution is -2.39. The van der Waals surface area contributed by atoms with Gasteiger partial charge in [0.15, 0.2) is 6.23 Å². The summed E-state index contributed by atoms with van der Waals surface area (Å²) >= 11 is 0. The molecule has 1 unspecified atom stereocenters. The SMILES string of the molecule is CC(OC=Cc1ccccc1)N1CCCCCC1=O. The Bertz CT molecular complexity index is 428. The molecule has 1 fully saturated rings. The minimum absolute atomic E-state index is 0.189. The first-order chi connectivity index (χ1) is 9.27. The van der Waals surface area contributed by atoms with Crippen molar-refractivity contribution in [3.05, 3.63) is 42.2 Å². The van der Waals surface area contributed by atoms with Crippen LogP contribution in [0.15, 0.2) is 36.6 Å². The predicted octanol–water partition coefficient (Wildman–Crippen LogP) is 3.42. The molecule has 0 aliphatic carbocycles. The van der Waals surface area contributed by atoms with Crippen molar-refractivity contribution in [3.63, 3.8) is 0 Å². The molecule has 0 spiro atoms. The van der Waals surface area contributed by atoms with Crippen molar-refractivity contribution in [2.45, 2.75) is 38.8 Å². The van der Waals surface area contributed by atoms with Crippen LogP contribution in [0.2, 0.25) is 0 Å².